The molecule has 0 saturated carbocycles. The summed E-state index contributed by atoms with van der Waals surface area (Å²) in [5, 5.41) is 12.4. The standard InChI is InChI=1S/C17H27N5O2/c1-2-18-17(24)13-5-3-7-21(10-13)15-9-16(20-12-19-15)22-8-4-6-14(22)11-23/h9,12-14,23H,2-8,10-11H2,1H3,(H,18,24)/t13-,14-/m0/s1. The van der Waals surface area contributed by atoms with E-state index in [2.05, 4.69) is 25.1 Å². The number of carbonyl (C=O) groups excluding carboxylic acids is 1. The van der Waals surface area contributed by atoms with Crippen molar-refractivity contribution in [1.82, 2.24) is 15.3 Å². The first-order valence-corrected chi connectivity index (χ1v) is 8.95. The third kappa shape index (κ3) is 3.61. The molecule has 3 heterocycles. The topological polar surface area (TPSA) is 81.6 Å². The maximum Gasteiger partial charge on any atom is 0.224 e. The van der Waals surface area contributed by atoms with Crippen molar-refractivity contribution in [2.45, 2.75) is 38.6 Å². The van der Waals surface area contributed by atoms with Crippen LogP contribution in [0.2, 0.25) is 0 Å². The van der Waals surface area contributed by atoms with Crippen LogP contribution in [-0.2, 0) is 4.79 Å². The molecule has 0 radical (unpaired) electrons. The molecule has 7 nitrogen and oxygen atoms in total. The molecule has 1 aromatic rings. The highest BCUT2D eigenvalue weighted by atomic mass is 16.3. The van der Waals surface area contributed by atoms with Gasteiger partial charge in [0.25, 0.3) is 0 Å². The van der Waals surface area contributed by atoms with Gasteiger partial charge in [0.2, 0.25) is 5.91 Å². The summed E-state index contributed by atoms with van der Waals surface area (Å²) in [7, 11) is 0. The Balaban J connectivity index is 1.72. The van der Waals surface area contributed by atoms with E-state index in [0.717, 1.165) is 50.4 Å². The first kappa shape index (κ1) is 17.0. The molecule has 24 heavy (non-hydrogen) atoms. The van der Waals surface area contributed by atoms with Gasteiger partial charge in [-0.3, -0.25) is 4.79 Å². The lowest BCUT2D eigenvalue weighted by atomic mass is 9.97. The molecule has 2 aliphatic rings. The van der Waals surface area contributed by atoms with Crippen LogP contribution in [0.5, 0.6) is 0 Å². The Bertz CT molecular complexity index is 568. The molecular formula is C17H27N5O2. The molecule has 1 amide bonds. The fourth-order valence-electron chi connectivity index (χ4n) is 3.71. The molecule has 2 saturated heterocycles. The zero-order valence-corrected chi connectivity index (χ0v) is 14.3. The summed E-state index contributed by atoms with van der Waals surface area (Å²) < 4.78 is 0. The number of amides is 1. The van der Waals surface area contributed by atoms with E-state index in [1.165, 1.54) is 0 Å². The maximum atomic E-state index is 12.1. The van der Waals surface area contributed by atoms with Crippen LogP contribution in [0, 0.1) is 5.92 Å². The summed E-state index contributed by atoms with van der Waals surface area (Å²) in [6, 6.07) is 2.14. The lowest BCUT2D eigenvalue weighted by Gasteiger charge is -2.33. The molecule has 0 aromatic carbocycles. The van der Waals surface area contributed by atoms with Crippen molar-refractivity contribution in [1.29, 1.82) is 0 Å². The molecule has 3 rings (SSSR count). The van der Waals surface area contributed by atoms with Gasteiger partial charge >= 0.3 is 0 Å². The predicted molar refractivity (Wildman–Crippen MR) is 93.1 cm³/mol. The van der Waals surface area contributed by atoms with Crippen molar-refractivity contribution in [3.63, 3.8) is 0 Å². The molecule has 0 aliphatic carbocycles. The van der Waals surface area contributed by atoms with Crippen LogP contribution in [0.3, 0.4) is 0 Å². The van der Waals surface area contributed by atoms with E-state index in [1.807, 2.05) is 13.0 Å². The molecule has 1 aromatic heterocycles. The van der Waals surface area contributed by atoms with Gasteiger partial charge in [-0.15, -0.1) is 0 Å². The van der Waals surface area contributed by atoms with Gasteiger partial charge in [-0.2, -0.15) is 0 Å². The molecule has 0 bridgehead atoms. The Morgan fingerprint density at radius 1 is 1.29 bits per heavy atom. The molecule has 2 fully saturated rings. The average Bonchev–Trinajstić information content (AvgIpc) is 3.11. The van der Waals surface area contributed by atoms with Gasteiger partial charge < -0.3 is 20.2 Å². The number of rotatable bonds is 5. The van der Waals surface area contributed by atoms with E-state index in [1.54, 1.807) is 6.33 Å². The maximum absolute atomic E-state index is 12.1. The van der Waals surface area contributed by atoms with Gasteiger partial charge in [-0.25, -0.2) is 9.97 Å². The Morgan fingerprint density at radius 2 is 2.08 bits per heavy atom. The molecule has 2 aliphatic heterocycles. The number of aromatic nitrogens is 2. The van der Waals surface area contributed by atoms with Gasteiger partial charge in [-0.05, 0) is 32.6 Å². The normalized spacial score (nSPS) is 24.2. The second kappa shape index (κ2) is 7.79. The summed E-state index contributed by atoms with van der Waals surface area (Å²) in [6.45, 7) is 5.31. The number of aliphatic hydroxyl groups excluding tert-OH is 1. The first-order valence-electron chi connectivity index (χ1n) is 8.95. The van der Waals surface area contributed by atoms with E-state index >= 15 is 0 Å². The Labute approximate surface area is 143 Å². The largest absolute Gasteiger partial charge is 0.394 e. The Hall–Kier alpha value is -1.89. The van der Waals surface area contributed by atoms with Crippen LogP contribution < -0.4 is 15.1 Å². The lowest BCUT2D eigenvalue weighted by molar-refractivity contribution is -0.125. The van der Waals surface area contributed by atoms with Crippen molar-refractivity contribution < 1.29 is 9.90 Å². The van der Waals surface area contributed by atoms with E-state index in [4.69, 9.17) is 0 Å². The molecule has 7 heteroatoms. The van der Waals surface area contributed by atoms with Crippen LogP contribution >= 0.6 is 0 Å². The molecule has 132 valence electrons. The molecule has 2 N–H and O–H groups in total. The number of hydrogen-bond acceptors (Lipinski definition) is 6. The Kier molecular flexibility index (Phi) is 5.50. The Morgan fingerprint density at radius 3 is 2.88 bits per heavy atom. The minimum Gasteiger partial charge on any atom is -0.394 e. The summed E-state index contributed by atoms with van der Waals surface area (Å²) in [4.78, 5) is 25.3. The van der Waals surface area contributed by atoms with Crippen LogP contribution in [0.4, 0.5) is 11.6 Å². The average molecular weight is 333 g/mol. The zero-order chi connectivity index (χ0) is 16.9. The monoisotopic (exact) mass is 333 g/mol. The van der Waals surface area contributed by atoms with Crippen molar-refractivity contribution in [2.24, 2.45) is 5.92 Å². The van der Waals surface area contributed by atoms with Crippen molar-refractivity contribution in [3.8, 4) is 0 Å². The summed E-state index contributed by atoms with van der Waals surface area (Å²) in [5.41, 5.74) is 0. The highest BCUT2D eigenvalue weighted by Gasteiger charge is 2.28. The third-order valence-electron chi connectivity index (χ3n) is 4.99. The minimum absolute atomic E-state index is 0.0223. The van der Waals surface area contributed by atoms with Gasteiger partial charge in [0.05, 0.1) is 18.6 Å². The van der Waals surface area contributed by atoms with Crippen LogP contribution in [-0.4, -0.2) is 59.8 Å². The lowest BCUT2D eigenvalue weighted by Crippen LogP contribution is -2.43. The van der Waals surface area contributed by atoms with Gasteiger partial charge in [0.15, 0.2) is 0 Å². The number of aliphatic hydroxyl groups is 1. The quantitative estimate of drug-likeness (QED) is 0.829. The molecule has 0 spiro atoms. The highest BCUT2D eigenvalue weighted by molar-refractivity contribution is 5.79. The fraction of sp³-hybridized carbons (Fsp3) is 0.706. The second-order valence-corrected chi connectivity index (χ2v) is 6.59. The smallest absolute Gasteiger partial charge is 0.224 e. The van der Waals surface area contributed by atoms with Crippen molar-refractivity contribution in [3.05, 3.63) is 12.4 Å². The summed E-state index contributed by atoms with van der Waals surface area (Å²) in [5.74, 6) is 1.90. The van der Waals surface area contributed by atoms with E-state index < -0.39 is 0 Å². The predicted octanol–water partition coefficient (Wildman–Crippen LogP) is 0.790. The van der Waals surface area contributed by atoms with E-state index in [0.29, 0.717) is 13.1 Å². The zero-order valence-electron chi connectivity index (χ0n) is 14.3. The van der Waals surface area contributed by atoms with Crippen molar-refractivity contribution in [2.75, 3.05) is 42.6 Å². The summed E-state index contributed by atoms with van der Waals surface area (Å²) in [6.07, 6.45) is 5.59. The minimum atomic E-state index is 0.0223. The SMILES string of the molecule is CCNC(=O)[C@H]1CCCN(c2cc(N3CCC[C@H]3CO)ncn2)C1. The van der Waals surface area contributed by atoms with E-state index in [9.17, 15) is 9.90 Å². The fourth-order valence-corrected chi connectivity index (χ4v) is 3.71. The van der Waals surface area contributed by atoms with Gasteiger partial charge in [0.1, 0.15) is 18.0 Å². The second-order valence-electron chi connectivity index (χ2n) is 6.59. The number of carbonyl (C=O) groups is 1. The molecular weight excluding hydrogens is 306 g/mol. The van der Waals surface area contributed by atoms with Crippen molar-refractivity contribution >= 4 is 17.5 Å². The highest BCUT2D eigenvalue weighted by Crippen LogP contribution is 2.27. The number of nitrogens with one attached hydrogen (secondary N) is 1. The molecule has 0 unspecified atom stereocenters. The number of piperidine rings is 1. The first-order chi connectivity index (χ1) is 11.7. The number of hydrogen-bond donors (Lipinski definition) is 2. The van der Waals surface area contributed by atoms with Gasteiger partial charge in [-0.1, -0.05) is 0 Å². The van der Waals surface area contributed by atoms with Gasteiger partial charge in [0, 0.05) is 32.2 Å². The number of anilines is 2. The van der Waals surface area contributed by atoms with Crippen LogP contribution in [0.15, 0.2) is 12.4 Å². The summed E-state index contributed by atoms with van der Waals surface area (Å²) >= 11 is 0. The number of nitrogens with zero attached hydrogens (tertiary/aromatic N) is 4. The van der Waals surface area contributed by atoms with E-state index in [-0.39, 0.29) is 24.5 Å². The molecule has 2 atom stereocenters. The van der Waals surface area contributed by atoms with Crippen LogP contribution in [0.25, 0.3) is 0 Å². The van der Waals surface area contributed by atoms with Crippen LogP contribution in [0.1, 0.15) is 32.6 Å². The third-order valence-corrected chi connectivity index (χ3v) is 4.99.